The summed E-state index contributed by atoms with van der Waals surface area (Å²) in [5, 5.41) is 17.3. The predicted molar refractivity (Wildman–Crippen MR) is 44.9 cm³/mol. The van der Waals surface area contributed by atoms with Crippen molar-refractivity contribution >= 4 is 0 Å². The van der Waals surface area contributed by atoms with Crippen LogP contribution in [0.4, 0.5) is 8.78 Å². The summed E-state index contributed by atoms with van der Waals surface area (Å²) in [6.45, 7) is -0.606. The first-order valence-corrected chi connectivity index (χ1v) is 4.00. The van der Waals surface area contributed by atoms with E-state index < -0.39 is 24.3 Å². The van der Waals surface area contributed by atoms with E-state index in [9.17, 15) is 8.78 Å². The van der Waals surface area contributed by atoms with E-state index in [1.807, 2.05) is 0 Å². The van der Waals surface area contributed by atoms with Gasteiger partial charge in [-0.2, -0.15) is 0 Å². The third kappa shape index (κ3) is 2.93. The summed E-state index contributed by atoms with van der Waals surface area (Å²) in [7, 11) is 0. The molecule has 0 bridgehead atoms. The first kappa shape index (κ1) is 10.9. The molecule has 0 fully saturated rings. The van der Waals surface area contributed by atoms with Gasteiger partial charge in [-0.15, -0.1) is 0 Å². The van der Waals surface area contributed by atoms with Gasteiger partial charge in [0.1, 0.15) is 18.5 Å². The molecule has 0 aliphatic rings. The predicted octanol–water partition coefficient (Wildman–Crippen LogP) is 0.697. The van der Waals surface area contributed by atoms with Gasteiger partial charge in [0.2, 0.25) is 0 Å². The van der Waals surface area contributed by atoms with Gasteiger partial charge in [-0.25, -0.2) is 8.78 Å². The summed E-state index contributed by atoms with van der Waals surface area (Å²) in [6, 6.07) is 3.04. The van der Waals surface area contributed by atoms with Crippen molar-refractivity contribution in [2.24, 2.45) is 0 Å². The lowest BCUT2D eigenvalue weighted by Gasteiger charge is -2.09. The SMILES string of the molecule is OC[C@@H](O)COc1ccc(F)c(F)c1. The van der Waals surface area contributed by atoms with Crippen LogP contribution in [0.2, 0.25) is 0 Å². The Morgan fingerprint density at radius 2 is 2.00 bits per heavy atom. The van der Waals surface area contributed by atoms with Crippen molar-refractivity contribution in [2.75, 3.05) is 13.2 Å². The number of hydrogen-bond donors (Lipinski definition) is 2. The maximum Gasteiger partial charge on any atom is 0.162 e. The maximum atomic E-state index is 12.6. The molecular weight excluding hydrogens is 194 g/mol. The minimum Gasteiger partial charge on any atom is -0.491 e. The van der Waals surface area contributed by atoms with Crippen molar-refractivity contribution in [3.63, 3.8) is 0 Å². The van der Waals surface area contributed by atoms with Crippen LogP contribution in [0.5, 0.6) is 5.75 Å². The molecule has 0 unspecified atom stereocenters. The number of aliphatic hydroxyl groups is 2. The zero-order valence-electron chi connectivity index (χ0n) is 7.28. The minimum atomic E-state index is -1.02. The fourth-order valence-corrected chi connectivity index (χ4v) is 0.812. The molecule has 0 heterocycles. The van der Waals surface area contributed by atoms with Crippen LogP contribution in [-0.2, 0) is 0 Å². The second-order valence-corrected chi connectivity index (χ2v) is 2.72. The average Bonchev–Trinajstić information content (AvgIpc) is 2.19. The van der Waals surface area contributed by atoms with Gasteiger partial charge in [0, 0.05) is 6.07 Å². The van der Waals surface area contributed by atoms with Gasteiger partial charge in [0.25, 0.3) is 0 Å². The van der Waals surface area contributed by atoms with E-state index in [2.05, 4.69) is 0 Å². The molecule has 0 aromatic heterocycles. The lowest BCUT2D eigenvalue weighted by Crippen LogP contribution is -2.21. The number of ether oxygens (including phenoxy) is 1. The molecule has 0 aliphatic carbocycles. The molecule has 1 aromatic carbocycles. The van der Waals surface area contributed by atoms with Crippen LogP contribution in [0, 0.1) is 11.6 Å². The zero-order chi connectivity index (χ0) is 10.6. The molecule has 5 heteroatoms. The first-order valence-electron chi connectivity index (χ1n) is 4.00. The van der Waals surface area contributed by atoms with Crippen LogP contribution in [0.1, 0.15) is 0 Å². The van der Waals surface area contributed by atoms with Gasteiger partial charge >= 0.3 is 0 Å². The lowest BCUT2D eigenvalue weighted by atomic mass is 10.3. The van der Waals surface area contributed by atoms with Crippen LogP contribution in [0.15, 0.2) is 18.2 Å². The number of rotatable bonds is 4. The van der Waals surface area contributed by atoms with Crippen LogP contribution in [-0.4, -0.2) is 29.5 Å². The second-order valence-electron chi connectivity index (χ2n) is 2.72. The number of benzene rings is 1. The minimum absolute atomic E-state index is 0.108. The van der Waals surface area contributed by atoms with Gasteiger partial charge in [-0.05, 0) is 12.1 Å². The molecule has 3 nitrogen and oxygen atoms in total. The average molecular weight is 204 g/mol. The van der Waals surface area contributed by atoms with Crippen LogP contribution in [0.3, 0.4) is 0 Å². The van der Waals surface area contributed by atoms with Gasteiger partial charge in [0.05, 0.1) is 6.61 Å². The van der Waals surface area contributed by atoms with Gasteiger partial charge in [-0.1, -0.05) is 0 Å². The molecule has 1 aromatic rings. The third-order valence-electron chi connectivity index (χ3n) is 1.54. The van der Waals surface area contributed by atoms with E-state index in [1.54, 1.807) is 0 Å². The summed E-state index contributed by atoms with van der Waals surface area (Å²) in [4.78, 5) is 0. The number of aliphatic hydroxyl groups excluding tert-OH is 2. The van der Waals surface area contributed by atoms with E-state index in [0.29, 0.717) is 0 Å². The smallest absolute Gasteiger partial charge is 0.162 e. The highest BCUT2D eigenvalue weighted by Crippen LogP contribution is 2.15. The van der Waals surface area contributed by atoms with Crippen molar-refractivity contribution in [3.8, 4) is 5.75 Å². The molecule has 0 amide bonds. The van der Waals surface area contributed by atoms with E-state index in [0.717, 1.165) is 12.1 Å². The monoisotopic (exact) mass is 204 g/mol. The summed E-state index contributed by atoms with van der Waals surface area (Å²) in [5.74, 6) is -1.86. The van der Waals surface area contributed by atoms with E-state index in [4.69, 9.17) is 14.9 Å². The lowest BCUT2D eigenvalue weighted by molar-refractivity contribution is 0.0534. The highest BCUT2D eigenvalue weighted by atomic mass is 19.2. The molecule has 0 aliphatic heterocycles. The normalized spacial score (nSPS) is 12.6. The zero-order valence-corrected chi connectivity index (χ0v) is 7.28. The van der Waals surface area contributed by atoms with Gasteiger partial charge in [-0.3, -0.25) is 0 Å². The summed E-state index contributed by atoms with van der Waals surface area (Å²) in [5.41, 5.74) is 0. The fourth-order valence-electron chi connectivity index (χ4n) is 0.812. The maximum absolute atomic E-state index is 12.6. The molecule has 0 saturated carbocycles. The van der Waals surface area contributed by atoms with E-state index in [-0.39, 0.29) is 12.4 Å². The van der Waals surface area contributed by atoms with Crippen LogP contribution >= 0.6 is 0 Å². The quantitative estimate of drug-likeness (QED) is 0.758. The van der Waals surface area contributed by atoms with Crippen molar-refractivity contribution in [3.05, 3.63) is 29.8 Å². The van der Waals surface area contributed by atoms with Crippen molar-refractivity contribution in [1.29, 1.82) is 0 Å². The Balaban J connectivity index is 2.55. The van der Waals surface area contributed by atoms with E-state index in [1.165, 1.54) is 6.07 Å². The summed E-state index contributed by atoms with van der Waals surface area (Å²) < 4.78 is 29.9. The van der Waals surface area contributed by atoms with Crippen LogP contribution in [0.25, 0.3) is 0 Å². The van der Waals surface area contributed by atoms with E-state index >= 15 is 0 Å². The molecule has 14 heavy (non-hydrogen) atoms. The Bertz CT molecular complexity index is 304. The third-order valence-corrected chi connectivity index (χ3v) is 1.54. The molecule has 78 valence electrons. The Hall–Kier alpha value is -1.20. The summed E-state index contributed by atoms with van der Waals surface area (Å²) in [6.07, 6.45) is -1.02. The molecule has 0 saturated heterocycles. The fraction of sp³-hybridized carbons (Fsp3) is 0.333. The standard InChI is InChI=1S/C9H10F2O3/c10-8-2-1-7(3-9(8)11)14-5-6(13)4-12/h1-3,6,12-13H,4-5H2/t6-/m1/s1. The Morgan fingerprint density at radius 1 is 1.29 bits per heavy atom. The Labute approximate surface area is 79.6 Å². The Morgan fingerprint density at radius 3 is 2.57 bits per heavy atom. The molecule has 2 N–H and O–H groups in total. The highest BCUT2D eigenvalue weighted by Gasteiger charge is 2.06. The largest absolute Gasteiger partial charge is 0.491 e. The number of hydrogen-bond acceptors (Lipinski definition) is 3. The molecular formula is C9H10F2O3. The van der Waals surface area contributed by atoms with Crippen molar-refractivity contribution in [2.45, 2.75) is 6.10 Å². The highest BCUT2D eigenvalue weighted by molar-refractivity contribution is 5.23. The van der Waals surface area contributed by atoms with Crippen molar-refractivity contribution in [1.82, 2.24) is 0 Å². The number of halogens is 2. The molecule has 0 radical (unpaired) electrons. The van der Waals surface area contributed by atoms with Gasteiger partial charge in [0.15, 0.2) is 11.6 Å². The van der Waals surface area contributed by atoms with Gasteiger partial charge < -0.3 is 14.9 Å². The molecule has 0 spiro atoms. The topological polar surface area (TPSA) is 49.7 Å². The molecule has 1 rings (SSSR count). The summed E-state index contributed by atoms with van der Waals surface area (Å²) >= 11 is 0. The Kier molecular flexibility index (Phi) is 3.79. The molecule has 1 atom stereocenters. The second kappa shape index (κ2) is 4.88. The van der Waals surface area contributed by atoms with Crippen LogP contribution < -0.4 is 4.74 Å². The first-order chi connectivity index (χ1) is 6.63. The van der Waals surface area contributed by atoms with Crippen molar-refractivity contribution < 1.29 is 23.7 Å².